The van der Waals surface area contributed by atoms with Crippen LogP contribution in [0.4, 0.5) is 0 Å². The van der Waals surface area contributed by atoms with Gasteiger partial charge in [0.05, 0.1) is 13.2 Å². The van der Waals surface area contributed by atoms with E-state index in [0.717, 1.165) is 31.7 Å². The zero-order valence-corrected chi connectivity index (χ0v) is 15.2. The van der Waals surface area contributed by atoms with Crippen LogP contribution in [0.25, 0.3) is 0 Å². The van der Waals surface area contributed by atoms with Crippen LogP contribution in [0.2, 0.25) is 0 Å². The highest BCUT2D eigenvalue weighted by molar-refractivity contribution is 5.77. The zero-order valence-electron chi connectivity index (χ0n) is 15.2. The first-order valence-corrected chi connectivity index (χ1v) is 9.46. The number of amides is 1. The van der Waals surface area contributed by atoms with Gasteiger partial charge in [-0.15, -0.1) is 0 Å². The van der Waals surface area contributed by atoms with Crippen LogP contribution in [0.15, 0.2) is 54.6 Å². The van der Waals surface area contributed by atoms with Gasteiger partial charge in [-0.25, -0.2) is 0 Å². The van der Waals surface area contributed by atoms with Crippen molar-refractivity contribution in [3.8, 4) is 5.75 Å². The van der Waals surface area contributed by atoms with Gasteiger partial charge < -0.3 is 10.1 Å². The molecular formula is C22H26N2O2. The van der Waals surface area contributed by atoms with E-state index >= 15 is 0 Å². The molecule has 3 atom stereocenters. The fourth-order valence-electron chi connectivity index (χ4n) is 4.47. The molecule has 0 unspecified atom stereocenters. The van der Waals surface area contributed by atoms with Gasteiger partial charge in [-0.05, 0) is 36.1 Å². The molecule has 0 saturated carbocycles. The number of nitrogens with zero attached hydrogens (tertiary/aromatic N) is 1. The quantitative estimate of drug-likeness (QED) is 0.920. The standard InChI is InChI=1S/C22H26N2O2/c1-26-18-10-5-9-17(13-18)19-15-24(14-16-7-3-2-4-8-16)20-11-6-12-21(25)23-22(19)20/h2-5,7-10,13,19-20,22H,6,11-12,14-15H2,1H3,(H,23,25)/t19-,20-,22-/m1/s1. The summed E-state index contributed by atoms with van der Waals surface area (Å²) in [6.07, 6.45) is 2.66. The van der Waals surface area contributed by atoms with Crippen molar-refractivity contribution < 1.29 is 9.53 Å². The number of likely N-dealkylation sites (tertiary alicyclic amines) is 1. The summed E-state index contributed by atoms with van der Waals surface area (Å²) >= 11 is 0. The lowest BCUT2D eigenvalue weighted by atomic mass is 9.90. The maximum absolute atomic E-state index is 12.2. The van der Waals surface area contributed by atoms with E-state index in [1.807, 2.05) is 12.1 Å². The minimum Gasteiger partial charge on any atom is -0.497 e. The van der Waals surface area contributed by atoms with Crippen molar-refractivity contribution in [2.24, 2.45) is 0 Å². The van der Waals surface area contributed by atoms with Gasteiger partial charge in [0.25, 0.3) is 0 Å². The molecule has 136 valence electrons. The summed E-state index contributed by atoms with van der Waals surface area (Å²) in [6, 6.07) is 19.5. The molecule has 0 aromatic heterocycles. The normalized spacial score (nSPS) is 26.0. The summed E-state index contributed by atoms with van der Waals surface area (Å²) in [5.41, 5.74) is 2.57. The van der Waals surface area contributed by atoms with Crippen LogP contribution in [-0.4, -0.2) is 36.5 Å². The van der Waals surface area contributed by atoms with Crippen LogP contribution in [-0.2, 0) is 11.3 Å². The van der Waals surface area contributed by atoms with Crippen molar-refractivity contribution in [3.05, 3.63) is 65.7 Å². The van der Waals surface area contributed by atoms with E-state index in [2.05, 4.69) is 52.7 Å². The Morgan fingerprint density at radius 3 is 2.81 bits per heavy atom. The second kappa shape index (κ2) is 7.50. The molecule has 2 fully saturated rings. The van der Waals surface area contributed by atoms with Crippen molar-refractivity contribution in [3.63, 3.8) is 0 Å². The van der Waals surface area contributed by atoms with E-state index in [-0.39, 0.29) is 11.9 Å². The fraction of sp³-hybridized carbons (Fsp3) is 0.409. The summed E-state index contributed by atoms with van der Waals surface area (Å²) in [5, 5.41) is 3.32. The lowest BCUT2D eigenvalue weighted by molar-refractivity contribution is -0.121. The van der Waals surface area contributed by atoms with Gasteiger partial charge in [0, 0.05) is 31.5 Å². The minimum atomic E-state index is 0.167. The van der Waals surface area contributed by atoms with Crippen LogP contribution in [0.3, 0.4) is 0 Å². The second-order valence-electron chi connectivity index (χ2n) is 7.35. The molecule has 0 spiro atoms. The summed E-state index contributed by atoms with van der Waals surface area (Å²) < 4.78 is 5.42. The molecule has 26 heavy (non-hydrogen) atoms. The third-order valence-electron chi connectivity index (χ3n) is 5.73. The van der Waals surface area contributed by atoms with Gasteiger partial charge in [0.15, 0.2) is 0 Å². The summed E-state index contributed by atoms with van der Waals surface area (Å²) in [7, 11) is 1.70. The van der Waals surface area contributed by atoms with E-state index in [1.54, 1.807) is 7.11 Å². The number of methoxy groups -OCH3 is 1. The molecule has 0 aliphatic carbocycles. The molecule has 0 bridgehead atoms. The Kier molecular flexibility index (Phi) is 4.93. The average molecular weight is 350 g/mol. The first-order valence-electron chi connectivity index (χ1n) is 9.46. The van der Waals surface area contributed by atoms with Crippen molar-refractivity contribution in [2.45, 2.75) is 43.8 Å². The van der Waals surface area contributed by atoms with Crippen molar-refractivity contribution in [1.82, 2.24) is 10.2 Å². The smallest absolute Gasteiger partial charge is 0.220 e. The summed E-state index contributed by atoms with van der Waals surface area (Å²) in [5.74, 6) is 1.35. The second-order valence-corrected chi connectivity index (χ2v) is 7.35. The number of hydrogen-bond donors (Lipinski definition) is 1. The predicted octanol–water partition coefficient (Wildman–Crippen LogP) is 3.33. The van der Waals surface area contributed by atoms with Crippen LogP contribution < -0.4 is 10.1 Å². The number of rotatable bonds is 4. The Labute approximate surface area is 155 Å². The minimum absolute atomic E-state index is 0.167. The lowest BCUT2D eigenvalue weighted by Gasteiger charge is -2.27. The fourth-order valence-corrected chi connectivity index (χ4v) is 4.47. The lowest BCUT2D eigenvalue weighted by Crippen LogP contribution is -2.44. The molecular weight excluding hydrogens is 324 g/mol. The summed E-state index contributed by atoms with van der Waals surface area (Å²) in [4.78, 5) is 14.8. The highest BCUT2D eigenvalue weighted by Gasteiger charge is 2.43. The van der Waals surface area contributed by atoms with Crippen LogP contribution in [0.1, 0.15) is 36.3 Å². The molecule has 2 aromatic rings. The first-order chi connectivity index (χ1) is 12.7. The highest BCUT2D eigenvalue weighted by Crippen LogP contribution is 2.37. The molecule has 1 amide bonds. The molecule has 0 radical (unpaired) electrons. The van der Waals surface area contributed by atoms with E-state index in [9.17, 15) is 4.79 Å². The SMILES string of the molecule is COc1cccc([C@H]2CN(Cc3ccccc3)[C@@H]3CCCC(=O)N[C@H]23)c1. The van der Waals surface area contributed by atoms with Gasteiger partial charge in [0.2, 0.25) is 5.91 Å². The highest BCUT2D eigenvalue weighted by atomic mass is 16.5. The number of fused-ring (bicyclic) bond motifs is 1. The molecule has 4 heteroatoms. The van der Waals surface area contributed by atoms with Gasteiger partial charge in [-0.3, -0.25) is 9.69 Å². The van der Waals surface area contributed by atoms with Gasteiger partial charge in [-0.1, -0.05) is 42.5 Å². The van der Waals surface area contributed by atoms with E-state index in [0.29, 0.717) is 18.4 Å². The number of benzene rings is 2. The monoisotopic (exact) mass is 350 g/mol. The Balaban J connectivity index is 1.63. The average Bonchev–Trinajstić information content (AvgIpc) is 2.87. The number of carbonyl (C=O) groups is 1. The van der Waals surface area contributed by atoms with Gasteiger partial charge in [0.1, 0.15) is 5.75 Å². The van der Waals surface area contributed by atoms with Crippen LogP contribution in [0, 0.1) is 0 Å². The first kappa shape index (κ1) is 17.1. The molecule has 4 rings (SSSR count). The van der Waals surface area contributed by atoms with E-state index in [1.165, 1.54) is 11.1 Å². The van der Waals surface area contributed by atoms with Gasteiger partial charge >= 0.3 is 0 Å². The van der Waals surface area contributed by atoms with E-state index in [4.69, 9.17) is 4.74 Å². The number of nitrogens with one attached hydrogen (secondary N) is 1. The van der Waals surface area contributed by atoms with Gasteiger partial charge in [-0.2, -0.15) is 0 Å². The summed E-state index contributed by atoms with van der Waals surface area (Å²) in [6.45, 7) is 1.88. The largest absolute Gasteiger partial charge is 0.497 e. The Bertz CT molecular complexity index is 762. The number of hydrogen-bond acceptors (Lipinski definition) is 3. The molecule has 2 aromatic carbocycles. The third-order valence-corrected chi connectivity index (χ3v) is 5.73. The predicted molar refractivity (Wildman–Crippen MR) is 102 cm³/mol. The molecule has 4 nitrogen and oxygen atoms in total. The van der Waals surface area contributed by atoms with Crippen molar-refractivity contribution >= 4 is 5.91 Å². The van der Waals surface area contributed by atoms with Crippen molar-refractivity contribution in [2.75, 3.05) is 13.7 Å². The molecule has 2 saturated heterocycles. The van der Waals surface area contributed by atoms with E-state index < -0.39 is 0 Å². The topological polar surface area (TPSA) is 41.6 Å². The van der Waals surface area contributed by atoms with Crippen LogP contribution in [0.5, 0.6) is 5.75 Å². The maximum Gasteiger partial charge on any atom is 0.220 e. The molecule has 1 N–H and O–H groups in total. The number of carbonyl (C=O) groups excluding carboxylic acids is 1. The molecule has 2 aliphatic rings. The Morgan fingerprint density at radius 1 is 1.15 bits per heavy atom. The Morgan fingerprint density at radius 2 is 2.00 bits per heavy atom. The maximum atomic E-state index is 12.2. The molecule has 2 aliphatic heterocycles. The third kappa shape index (κ3) is 3.47. The Hall–Kier alpha value is -2.33. The van der Waals surface area contributed by atoms with Crippen molar-refractivity contribution in [1.29, 1.82) is 0 Å². The zero-order chi connectivity index (χ0) is 17.9. The molecule has 2 heterocycles. The van der Waals surface area contributed by atoms with Crippen LogP contribution >= 0.6 is 0 Å². The number of ether oxygens (including phenoxy) is 1.